The number of pyridine rings is 1. The first kappa shape index (κ1) is 15.2. The van der Waals surface area contributed by atoms with E-state index in [2.05, 4.69) is 20.9 Å². The lowest BCUT2D eigenvalue weighted by Crippen LogP contribution is -2.39. The SMILES string of the molecule is CCNc1cccc(NC(C)C(=O)NCCOC)n1. The predicted octanol–water partition coefficient (Wildman–Crippen LogP) is 1.08. The van der Waals surface area contributed by atoms with Crippen molar-refractivity contribution in [2.45, 2.75) is 19.9 Å². The maximum Gasteiger partial charge on any atom is 0.242 e. The van der Waals surface area contributed by atoms with Crippen molar-refractivity contribution in [2.75, 3.05) is 37.4 Å². The van der Waals surface area contributed by atoms with Gasteiger partial charge in [-0.3, -0.25) is 4.79 Å². The molecule has 0 fully saturated rings. The first-order chi connectivity index (χ1) is 9.17. The van der Waals surface area contributed by atoms with Gasteiger partial charge >= 0.3 is 0 Å². The molecule has 1 unspecified atom stereocenters. The van der Waals surface area contributed by atoms with Crippen LogP contribution in [0.2, 0.25) is 0 Å². The summed E-state index contributed by atoms with van der Waals surface area (Å²) < 4.78 is 4.88. The number of methoxy groups -OCH3 is 1. The second kappa shape index (κ2) is 8.31. The molecule has 6 heteroatoms. The Labute approximate surface area is 113 Å². The summed E-state index contributed by atoms with van der Waals surface area (Å²) in [6.45, 7) is 5.62. The van der Waals surface area contributed by atoms with Crippen LogP contribution in [0.4, 0.5) is 11.6 Å². The monoisotopic (exact) mass is 266 g/mol. The predicted molar refractivity (Wildman–Crippen MR) is 76.4 cm³/mol. The van der Waals surface area contributed by atoms with Gasteiger partial charge in [-0.2, -0.15) is 0 Å². The maximum atomic E-state index is 11.8. The fraction of sp³-hybridized carbons (Fsp3) is 0.538. The highest BCUT2D eigenvalue weighted by Crippen LogP contribution is 2.09. The van der Waals surface area contributed by atoms with Crippen molar-refractivity contribution in [3.8, 4) is 0 Å². The summed E-state index contributed by atoms with van der Waals surface area (Å²) in [6.07, 6.45) is 0. The van der Waals surface area contributed by atoms with Crippen LogP contribution < -0.4 is 16.0 Å². The largest absolute Gasteiger partial charge is 0.383 e. The van der Waals surface area contributed by atoms with Crippen molar-refractivity contribution in [1.29, 1.82) is 0 Å². The average Bonchev–Trinajstić information content (AvgIpc) is 2.39. The van der Waals surface area contributed by atoms with Gasteiger partial charge in [0.15, 0.2) is 0 Å². The number of aromatic nitrogens is 1. The lowest BCUT2D eigenvalue weighted by molar-refractivity contribution is -0.121. The molecular formula is C13H22N4O2. The molecule has 1 rings (SSSR count). The zero-order chi connectivity index (χ0) is 14.1. The number of nitrogens with zero attached hydrogens (tertiary/aromatic N) is 1. The fourth-order valence-corrected chi connectivity index (χ4v) is 1.51. The summed E-state index contributed by atoms with van der Waals surface area (Å²) in [7, 11) is 1.60. The zero-order valence-corrected chi connectivity index (χ0v) is 11.7. The van der Waals surface area contributed by atoms with E-state index in [4.69, 9.17) is 4.74 Å². The molecule has 1 aromatic rings. The summed E-state index contributed by atoms with van der Waals surface area (Å²) in [5.41, 5.74) is 0. The van der Waals surface area contributed by atoms with Gasteiger partial charge in [0, 0.05) is 20.2 Å². The number of hydrogen-bond donors (Lipinski definition) is 3. The van der Waals surface area contributed by atoms with Crippen LogP contribution in [0, 0.1) is 0 Å². The van der Waals surface area contributed by atoms with Gasteiger partial charge in [0.2, 0.25) is 5.91 Å². The molecule has 1 aromatic heterocycles. The molecule has 6 nitrogen and oxygen atoms in total. The van der Waals surface area contributed by atoms with Crippen LogP contribution in [0.3, 0.4) is 0 Å². The van der Waals surface area contributed by atoms with E-state index in [1.54, 1.807) is 14.0 Å². The minimum absolute atomic E-state index is 0.0762. The number of ether oxygens (including phenoxy) is 1. The minimum Gasteiger partial charge on any atom is -0.383 e. The van der Waals surface area contributed by atoms with E-state index in [0.717, 1.165) is 12.4 Å². The van der Waals surface area contributed by atoms with Crippen molar-refractivity contribution in [3.63, 3.8) is 0 Å². The molecule has 0 radical (unpaired) electrons. The number of rotatable bonds is 8. The third kappa shape index (κ3) is 5.56. The van der Waals surface area contributed by atoms with Gasteiger partial charge in [-0.05, 0) is 26.0 Å². The first-order valence-electron chi connectivity index (χ1n) is 6.41. The van der Waals surface area contributed by atoms with E-state index in [9.17, 15) is 4.79 Å². The Hall–Kier alpha value is -1.82. The second-order valence-electron chi connectivity index (χ2n) is 4.09. The molecule has 1 atom stereocenters. The van der Waals surface area contributed by atoms with Crippen molar-refractivity contribution < 1.29 is 9.53 Å². The average molecular weight is 266 g/mol. The summed E-state index contributed by atoms with van der Waals surface area (Å²) in [5.74, 6) is 1.39. The molecule has 106 valence electrons. The molecule has 1 heterocycles. The lowest BCUT2D eigenvalue weighted by Gasteiger charge is -2.15. The number of anilines is 2. The van der Waals surface area contributed by atoms with Gasteiger partial charge in [-0.1, -0.05) is 6.07 Å². The molecule has 3 N–H and O–H groups in total. The minimum atomic E-state index is -0.346. The van der Waals surface area contributed by atoms with E-state index in [0.29, 0.717) is 19.0 Å². The van der Waals surface area contributed by atoms with Crippen molar-refractivity contribution >= 4 is 17.5 Å². The molecule has 0 aliphatic heterocycles. The lowest BCUT2D eigenvalue weighted by atomic mass is 10.3. The molecule has 0 aromatic carbocycles. The number of hydrogen-bond acceptors (Lipinski definition) is 5. The summed E-state index contributed by atoms with van der Waals surface area (Å²) in [4.78, 5) is 16.1. The van der Waals surface area contributed by atoms with Crippen LogP contribution in [0.15, 0.2) is 18.2 Å². The summed E-state index contributed by atoms with van der Waals surface area (Å²) in [5, 5.41) is 8.96. The molecule has 1 amide bonds. The van der Waals surface area contributed by atoms with Gasteiger partial charge in [0.05, 0.1) is 6.61 Å². The third-order valence-electron chi connectivity index (χ3n) is 2.47. The number of carbonyl (C=O) groups is 1. The van der Waals surface area contributed by atoms with Gasteiger partial charge in [-0.15, -0.1) is 0 Å². The van der Waals surface area contributed by atoms with Gasteiger partial charge < -0.3 is 20.7 Å². The van der Waals surface area contributed by atoms with Crippen molar-refractivity contribution in [1.82, 2.24) is 10.3 Å². The highest BCUT2D eigenvalue weighted by molar-refractivity contribution is 5.83. The third-order valence-corrected chi connectivity index (χ3v) is 2.47. The number of nitrogens with one attached hydrogen (secondary N) is 3. The normalized spacial score (nSPS) is 11.7. The zero-order valence-electron chi connectivity index (χ0n) is 11.7. The molecule has 0 bridgehead atoms. The Balaban J connectivity index is 2.48. The van der Waals surface area contributed by atoms with Crippen molar-refractivity contribution in [3.05, 3.63) is 18.2 Å². The molecule has 0 saturated heterocycles. The molecule has 0 saturated carbocycles. The second-order valence-corrected chi connectivity index (χ2v) is 4.09. The van der Waals surface area contributed by atoms with E-state index >= 15 is 0 Å². The smallest absolute Gasteiger partial charge is 0.242 e. The number of carbonyl (C=O) groups excluding carboxylic acids is 1. The standard InChI is InChI=1S/C13H22N4O2/c1-4-14-11-6-5-7-12(17-11)16-10(2)13(18)15-8-9-19-3/h5-7,10H,4,8-9H2,1-3H3,(H,15,18)(H2,14,16,17). The summed E-state index contributed by atoms with van der Waals surface area (Å²) in [6, 6.07) is 5.27. The van der Waals surface area contributed by atoms with Crippen LogP contribution in [0.25, 0.3) is 0 Å². The Morgan fingerprint density at radius 3 is 2.84 bits per heavy atom. The van der Waals surface area contributed by atoms with Crippen molar-refractivity contribution in [2.24, 2.45) is 0 Å². The molecule has 0 aliphatic rings. The topological polar surface area (TPSA) is 75.3 Å². The van der Waals surface area contributed by atoms with Crippen LogP contribution in [0.5, 0.6) is 0 Å². The van der Waals surface area contributed by atoms with Gasteiger partial charge in [0.1, 0.15) is 17.7 Å². The highest BCUT2D eigenvalue weighted by Gasteiger charge is 2.12. The van der Waals surface area contributed by atoms with Crippen LogP contribution >= 0.6 is 0 Å². The Morgan fingerprint density at radius 1 is 1.42 bits per heavy atom. The van der Waals surface area contributed by atoms with E-state index in [-0.39, 0.29) is 11.9 Å². The Bertz CT molecular complexity index is 398. The van der Waals surface area contributed by atoms with E-state index in [1.807, 2.05) is 25.1 Å². The fourth-order valence-electron chi connectivity index (χ4n) is 1.51. The van der Waals surface area contributed by atoms with E-state index < -0.39 is 0 Å². The van der Waals surface area contributed by atoms with Gasteiger partial charge in [0.25, 0.3) is 0 Å². The molecular weight excluding hydrogens is 244 g/mol. The van der Waals surface area contributed by atoms with Crippen LogP contribution in [0.1, 0.15) is 13.8 Å². The number of amides is 1. The summed E-state index contributed by atoms with van der Waals surface area (Å²) >= 11 is 0. The quantitative estimate of drug-likeness (QED) is 0.614. The molecule has 0 aliphatic carbocycles. The van der Waals surface area contributed by atoms with E-state index in [1.165, 1.54) is 0 Å². The van der Waals surface area contributed by atoms with Crippen LogP contribution in [-0.4, -0.2) is 43.7 Å². The van der Waals surface area contributed by atoms with Crippen LogP contribution in [-0.2, 0) is 9.53 Å². The Morgan fingerprint density at radius 2 is 2.16 bits per heavy atom. The molecule has 19 heavy (non-hydrogen) atoms. The molecule has 0 spiro atoms. The first-order valence-corrected chi connectivity index (χ1v) is 6.41. The van der Waals surface area contributed by atoms with Gasteiger partial charge in [-0.25, -0.2) is 4.98 Å². The highest BCUT2D eigenvalue weighted by atomic mass is 16.5. The Kier molecular flexibility index (Phi) is 6.67. The maximum absolute atomic E-state index is 11.8.